The van der Waals surface area contributed by atoms with Gasteiger partial charge in [0, 0.05) is 25.1 Å². The summed E-state index contributed by atoms with van der Waals surface area (Å²) in [4.78, 5) is 4.48. The number of rotatable bonds is 11. The summed E-state index contributed by atoms with van der Waals surface area (Å²) >= 11 is 0. The number of guanidine groups is 1. The van der Waals surface area contributed by atoms with Crippen LogP contribution in [0.5, 0.6) is 5.75 Å². The molecule has 0 amide bonds. The summed E-state index contributed by atoms with van der Waals surface area (Å²) in [7, 11) is 0. The smallest absolute Gasteiger partial charge is 0.191 e. The van der Waals surface area contributed by atoms with Crippen molar-refractivity contribution in [2.24, 2.45) is 4.99 Å². The Bertz CT molecular complexity index is 751. The third-order valence-electron chi connectivity index (χ3n) is 4.48. The Morgan fingerprint density at radius 1 is 1.20 bits per heavy atom. The SMILES string of the molecule is CCNC(=NCc1cc(C(CC)CC)no1)NCC(O)COc1ccc(F)cc1.I. The van der Waals surface area contributed by atoms with E-state index in [-0.39, 0.29) is 42.9 Å². The van der Waals surface area contributed by atoms with E-state index < -0.39 is 6.10 Å². The summed E-state index contributed by atoms with van der Waals surface area (Å²) in [6.07, 6.45) is 1.29. The van der Waals surface area contributed by atoms with Crippen LogP contribution in [-0.2, 0) is 6.54 Å². The van der Waals surface area contributed by atoms with Gasteiger partial charge in [-0.15, -0.1) is 24.0 Å². The molecule has 0 saturated carbocycles. The summed E-state index contributed by atoms with van der Waals surface area (Å²) in [6, 6.07) is 7.63. The Labute approximate surface area is 194 Å². The molecule has 1 atom stereocenters. The number of hydrogen-bond acceptors (Lipinski definition) is 5. The van der Waals surface area contributed by atoms with E-state index in [1.54, 1.807) is 0 Å². The minimum atomic E-state index is -0.754. The summed E-state index contributed by atoms with van der Waals surface area (Å²) < 4.78 is 23.7. The number of aliphatic hydroxyl groups is 1. The molecule has 1 heterocycles. The van der Waals surface area contributed by atoms with Crippen LogP contribution in [0.4, 0.5) is 4.39 Å². The fraction of sp³-hybridized carbons (Fsp3) is 0.524. The van der Waals surface area contributed by atoms with Gasteiger partial charge in [0.15, 0.2) is 11.7 Å². The second-order valence-corrected chi connectivity index (χ2v) is 6.73. The number of benzene rings is 1. The maximum absolute atomic E-state index is 12.9. The van der Waals surface area contributed by atoms with Crippen LogP contribution in [0.15, 0.2) is 39.8 Å². The normalized spacial score (nSPS) is 12.4. The molecule has 0 fully saturated rings. The molecule has 9 heteroatoms. The molecule has 1 unspecified atom stereocenters. The predicted molar refractivity (Wildman–Crippen MR) is 126 cm³/mol. The van der Waals surface area contributed by atoms with Crippen LogP contribution in [0.1, 0.15) is 51.0 Å². The molecule has 1 aromatic heterocycles. The number of aliphatic hydroxyl groups excluding tert-OH is 1. The van der Waals surface area contributed by atoms with Crippen LogP contribution in [0.25, 0.3) is 0 Å². The van der Waals surface area contributed by atoms with Crippen LogP contribution >= 0.6 is 24.0 Å². The molecule has 3 N–H and O–H groups in total. The van der Waals surface area contributed by atoms with E-state index in [1.807, 2.05) is 13.0 Å². The highest BCUT2D eigenvalue weighted by Crippen LogP contribution is 2.22. The lowest BCUT2D eigenvalue weighted by molar-refractivity contribution is 0.110. The van der Waals surface area contributed by atoms with Gasteiger partial charge in [-0.05, 0) is 44.0 Å². The molecule has 0 saturated heterocycles. The van der Waals surface area contributed by atoms with Crippen LogP contribution in [0, 0.1) is 5.82 Å². The molecule has 0 spiro atoms. The average molecular weight is 534 g/mol. The van der Waals surface area contributed by atoms with Gasteiger partial charge >= 0.3 is 0 Å². The molecular weight excluding hydrogens is 502 g/mol. The fourth-order valence-corrected chi connectivity index (χ4v) is 2.80. The second kappa shape index (κ2) is 14.2. The monoisotopic (exact) mass is 534 g/mol. The largest absolute Gasteiger partial charge is 0.491 e. The van der Waals surface area contributed by atoms with Crippen molar-refractivity contribution in [1.82, 2.24) is 15.8 Å². The molecule has 0 aliphatic heterocycles. The Morgan fingerprint density at radius 2 is 1.90 bits per heavy atom. The second-order valence-electron chi connectivity index (χ2n) is 6.73. The zero-order valence-electron chi connectivity index (χ0n) is 17.7. The van der Waals surface area contributed by atoms with Gasteiger partial charge in [0.2, 0.25) is 0 Å². The maximum atomic E-state index is 12.9. The van der Waals surface area contributed by atoms with E-state index in [1.165, 1.54) is 24.3 Å². The van der Waals surface area contributed by atoms with Gasteiger partial charge < -0.3 is 25.0 Å². The van der Waals surface area contributed by atoms with Gasteiger partial charge in [-0.2, -0.15) is 0 Å². The fourth-order valence-electron chi connectivity index (χ4n) is 2.80. The number of nitrogens with zero attached hydrogens (tertiary/aromatic N) is 2. The van der Waals surface area contributed by atoms with E-state index in [0.717, 1.165) is 18.5 Å². The van der Waals surface area contributed by atoms with Crippen molar-refractivity contribution in [3.63, 3.8) is 0 Å². The number of ether oxygens (including phenoxy) is 1. The van der Waals surface area contributed by atoms with Crippen LogP contribution in [0.2, 0.25) is 0 Å². The van der Waals surface area contributed by atoms with E-state index >= 15 is 0 Å². The van der Waals surface area contributed by atoms with Crippen molar-refractivity contribution >= 4 is 29.9 Å². The number of nitrogens with one attached hydrogen (secondary N) is 2. The number of hydrogen-bond donors (Lipinski definition) is 3. The third kappa shape index (κ3) is 8.86. The molecule has 1 aromatic carbocycles. The Kier molecular flexibility index (Phi) is 12.4. The first-order valence-corrected chi connectivity index (χ1v) is 10.1. The molecule has 30 heavy (non-hydrogen) atoms. The van der Waals surface area contributed by atoms with E-state index in [0.29, 0.717) is 36.5 Å². The van der Waals surface area contributed by atoms with Crippen molar-refractivity contribution in [2.75, 3.05) is 19.7 Å². The number of halogens is 2. The van der Waals surface area contributed by atoms with Gasteiger partial charge in [0.25, 0.3) is 0 Å². The molecule has 0 radical (unpaired) electrons. The Hall–Kier alpha value is -1.88. The summed E-state index contributed by atoms with van der Waals surface area (Å²) in [5.74, 6) is 1.84. The zero-order valence-corrected chi connectivity index (χ0v) is 20.1. The van der Waals surface area contributed by atoms with Gasteiger partial charge in [-0.25, -0.2) is 9.38 Å². The maximum Gasteiger partial charge on any atom is 0.191 e. The first-order valence-electron chi connectivity index (χ1n) is 10.1. The van der Waals surface area contributed by atoms with Crippen LogP contribution in [0.3, 0.4) is 0 Å². The molecule has 2 rings (SSSR count). The quantitative estimate of drug-likeness (QED) is 0.231. The van der Waals surface area contributed by atoms with Crippen molar-refractivity contribution in [1.29, 1.82) is 0 Å². The molecular formula is C21H32FIN4O3. The Balaban J connectivity index is 0.00000450. The highest BCUT2D eigenvalue weighted by Gasteiger charge is 2.13. The lowest BCUT2D eigenvalue weighted by Gasteiger charge is -2.15. The van der Waals surface area contributed by atoms with Gasteiger partial charge in [-0.1, -0.05) is 19.0 Å². The molecule has 0 bridgehead atoms. The molecule has 7 nitrogen and oxygen atoms in total. The van der Waals surface area contributed by atoms with Crippen molar-refractivity contribution in [3.8, 4) is 5.75 Å². The zero-order chi connectivity index (χ0) is 21.1. The van der Waals surface area contributed by atoms with E-state index in [9.17, 15) is 9.50 Å². The summed E-state index contributed by atoms with van der Waals surface area (Å²) in [5, 5.41) is 20.5. The summed E-state index contributed by atoms with van der Waals surface area (Å²) in [6.45, 7) is 7.61. The first kappa shape index (κ1) is 26.2. The van der Waals surface area contributed by atoms with Gasteiger partial charge in [0.05, 0.1) is 5.69 Å². The Morgan fingerprint density at radius 3 is 2.53 bits per heavy atom. The molecule has 0 aliphatic rings. The number of aromatic nitrogens is 1. The molecule has 0 aliphatic carbocycles. The first-order chi connectivity index (χ1) is 14.0. The minimum absolute atomic E-state index is 0. The van der Waals surface area contributed by atoms with Crippen molar-refractivity contribution in [3.05, 3.63) is 47.6 Å². The standard InChI is InChI=1S/C21H31FN4O3.HI/c1-4-15(5-2)20-11-19(29-26-20)13-25-21(23-6-3)24-12-17(27)14-28-18-9-7-16(22)8-10-18;/h7-11,15,17,27H,4-6,12-14H2,1-3H3,(H2,23,24,25);1H. The highest BCUT2D eigenvalue weighted by atomic mass is 127. The van der Waals surface area contributed by atoms with Gasteiger partial charge in [0.1, 0.15) is 30.8 Å². The topological polar surface area (TPSA) is 91.9 Å². The van der Waals surface area contributed by atoms with E-state index in [4.69, 9.17) is 9.26 Å². The van der Waals surface area contributed by atoms with Crippen molar-refractivity contribution in [2.45, 2.75) is 52.2 Å². The number of aliphatic imine (C=N–C) groups is 1. The highest BCUT2D eigenvalue weighted by molar-refractivity contribution is 14.0. The summed E-state index contributed by atoms with van der Waals surface area (Å²) in [5.41, 5.74) is 0.964. The van der Waals surface area contributed by atoms with E-state index in [2.05, 4.69) is 34.6 Å². The van der Waals surface area contributed by atoms with Crippen molar-refractivity contribution < 1.29 is 18.8 Å². The van der Waals surface area contributed by atoms with Crippen LogP contribution < -0.4 is 15.4 Å². The molecule has 2 aromatic rings. The van der Waals surface area contributed by atoms with Crippen LogP contribution in [-0.4, -0.2) is 42.0 Å². The third-order valence-corrected chi connectivity index (χ3v) is 4.48. The lowest BCUT2D eigenvalue weighted by atomic mass is 9.99. The minimum Gasteiger partial charge on any atom is -0.491 e. The predicted octanol–water partition coefficient (Wildman–Crippen LogP) is 3.83. The van der Waals surface area contributed by atoms with Gasteiger partial charge in [-0.3, -0.25) is 0 Å². The average Bonchev–Trinajstić information content (AvgIpc) is 3.19. The molecule has 168 valence electrons. The lowest BCUT2D eigenvalue weighted by Crippen LogP contribution is -2.42.